The summed E-state index contributed by atoms with van der Waals surface area (Å²) >= 11 is 0. The second-order valence-corrected chi connectivity index (χ2v) is 5.50. The molecule has 6 heteroatoms. The molecule has 0 heterocycles. The maximum absolute atomic E-state index is 10.5. The molecule has 0 aliphatic carbocycles. The van der Waals surface area contributed by atoms with Crippen molar-refractivity contribution < 1.29 is 20.5 Å². The summed E-state index contributed by atoms with van der Waals surface area (Å²) in [6, 6.07) is 24.0. The molecule has 0 aliphatic rings. The van der Waals surface area contributed by atoms with E-state index in [1.165, 1.54) is 7.40 Å². The van der Waals surface area contributed by atoms with Gasteiger partial charge in [0, 0.05) is 16.7 Å². The molecule has 5 nitrogen and oxygen atoms in total. The quantitative estimate of drug-likeness (QED) is 0.686. The Morgan fingerprint density at radius 2 is 1.07 bits per heavy atom. The number of benzene rings is 2. The fourth-order valence-corrected chi connectivity index (χ4v) is 1.63. The smallest absolute Gasteiger partial charge is 0.283 e. The van der Waals surface area contributed by atoms with Crippen LogP contribution in [0.25, 0.3) is 0 Å². The highest BCUT2D eigenvalue weighted by atomic mass is 32.2. The van der Waals surface area contributed by atoms with Crippen LogP contribution in [0.2, 0.25) is 0 Å². The van der Waals surface area contributed by atoms with E-state index < -0.39 is 28.9 Å². The molecule has 2 aromatic rings. The van der Waals surface area contributed by atoms with Gasteiger partial charge < -0.3 is 4.90 Å². The second kappa shape index (κ2) is 23.8. The van der Waals surface area contributed by atoms with E-state index in [4.69, 9.17) is 7.29 Å². The maximum Gasteiger partial charge on any atom is 0.283 e. The van der Waals surface area contributed by atoms with E-state index in [9.17, 15) is 13.2 Å². The summed E-state index contributed by atoms with van der Waals surface area (Å²) in [6.07, 6.45) is 0. The van der Waals surface area contributed by atoms with Crippen LogP contribution < -0.4 is 0 Å². The van der Waals surface area contributed by atoms with E-state index in [-0.39, 0.29) is 0 Å². The standard InChI is InChI=1S/2C6H6.C4H9NO4S.2C2H6.CH4/c2*1-2-4-6-5-3-1;1-4(6)5(2)3-10(7,8)9;2*1-2;/h2*1-6H;3H2,1-2H3,(H,7,8,9);2*1-2H3;1H4/i;;2D;;;1D. The first-order valence-corrected chi connectivity index (χ1v) is 9.97. The van der Waals surface area contributed by atoms with Crippen molar-refractivity contribution in [3.05, 3.63) is 72.8 Å². The highest BCUT2D eigenvalue weighted by Gasteiger charge is 2.10. The van der Waals surface area contributed by atoms with E-state index in [1.54, 1.807) is 0 Å². The molecule has 0 unspecified atom stereocenters. The molecule has 0 saturated heterocycles. The van der Waals surface area contributed by atoms with E-state index in [2.05, 4.69) is 0 Å². The van der Waals surface area contributed by atoms with Gasteiger partial charge in [0.1, 0.15) is 5.88 Å². The van der Waals surface area contributed by atoms with Crippen LogP contribution in [-0.2, 0) is 14.9 Å². The summed E-state index contributed by atoms with van der Waals surface area (Å²) in [7, 11) is -3.42. The van der Waals surface area contributed by atoms with Crippen molar-refractivity contribution in [1.29, 1.82) is 0 Å². The normalized spacial score (nSPS) is 8.85. The Morgan fingerprint density at radius 1 is 0.852 bits per heavy atom. The summed E-state index contributed by atoms with van der Waals surface area (Å²) in [6.45, 7) is 9.12. The Balaban J connectivity index is -0.000000149. The molecule has 0 radical (unpaired) electrons. The van der Waals surface area contributed by atoms with E-state index >= 15 is 0 Å². The first-order valence-electron chi connectivity index (χ1n) is 10.1. The third-order valence-electron chi connectivity index (χ3n) is 2.10. The zero-order valence-corrected chi connectivity index (χ0v) is 18.2. The monoisotopic (exact) mass is 401 g/mol. The van der Waals surface area contributed by atoms with Crippen LogP contribution in [0.15, 0.2) is 72.8 Å². The van der Waals surface area contributed by atoms with Gasteiger partial charge in [-0.15, -0.1) is 0 Å². The van der Waals surface area contributed by atoms with Crippen LogP contribution in [0, 0.1) is 0 Å². The average molecular weight is 402 g/mol. The van der Waals surface area contributed by atoms with E-state index in [1.807, 2.05) is 100 Å². The number of amides is 1. The largest absolute Gasteiger partial charge is 0.329 e. The van der Waals surface area contributed by atoms with Gasteiger partial charge in [0.15, 0.2) is 0 Å². The third kappa shape index (κ3) is 32.0. The Labute approximate surface area is 169 Å². The van der Waals surface area contributed by atoms with Gasteiger partial charge in [-0.05, 0) is 0 Å². The second-order valence-electron chi connectivity index (χ2n) is 4.08. The Bertz CT molecular complexity index is 543. The predicted molar refractivity (Wildman–Crippen MR) is 117 cm³/mol. The Kier molecular flexibility index (Phi) is 23.9. The highest BCUT2D eigenvalue weighted by Crippen LogP contribution is 1.88. The lowest BCUT2D eigenvalue weighted by Gasteiger charge is -2.10. The van der Waals surface area contributed by atoms with Crippen LogP contribution >= 0.6 is 0 Å². The van der Waals surface area contributed by atoms with Gasteiger partial charge in [-0.3, -0.25) is 9.35 Å². The number of nitrogens with zero attached hydrogens (tertiary/aromatic N) is 1. The van der Waals surface area contributed by atoms with Gasteiger partial charge in [0.05, 0.1) is 0 Å². The molecule has 0 bridgehead atoms. The van der Waals surface area contributed by atoms with Gasteiger partial charge in [-0.2, -0.15) is 8.42 Å². The number of rotatable bonds is 2. The van der Waals surface area contributed by atoms with Crippen LogP contribution in [0.1, 0.15) is 44.8 Å². The van der Waals surface area contributed by atoms with Crippen molar-refractivity contribution in [2.24, 2.45) is 0 Å². The van der Waals surface area contributed by atoms with Crippen molar-refractivity contribution in [2.45, 2.75) is 42.0 Å². The minimum Gasteiger partial charge on any atom is -0.329 e. The molecule has 0 aliphatic heterocycles. The van der Waals surface area contributed by atoms with Crippen LogP contribution in [-0.4, -0.2) is 36.7 Å². The van der Waals surface area contributed by atoms with Gasteiger partial charge in [0.25, 0.3) is 10.1 Å². The summed E-state index contributed by atoms with van der Waals surface area (Å²) in [5, 5.41) is 0. The summed E-state index contributed by atoms with van der Waals surface area (Å²) in [5.41, 5.74) is 0. The molecule has 2 rings (SSSR count). The third-order valence-corrected chi connectivity index (χ3v) is 2.74. The molecule has 0 aromatic heterocycles. The first kappa shape index (κ1) is 27.0. The summed E-state index contributed by atoms with van der Waals surface area (Å²) in [5.74, 6) is -1.37. The number of carbonyl (C=O) groups excluding carboxylic acids is 1. The van der Waals surface area contributed by atoms with Crippen molar-refractivity contribution in [1.82, 2.24) is 4.90 Å². The molecule has 0 saturated carbocycles. The molecule has 0 atom stereocenters. The number of hydrogen-bond acceptors (Lipinski definition) is 3. The number of hydrogen-bond donors (Lipinski definition) is 1. The molecule has 1 amide bonds. The van der Waals surface area contributed by atoms with Crippen LogP contribution in [0.4, 0.5) is 0 Å². The molecule has 27 heavy (non-hydrogen) atoms. The van der Waals surface area contributed by atoms with Gasteiger partial charge in [0.2, 0.25) is 5.91 Å². The van der Waals surface area contributed by atoms with E-state index in [0.717, 1.165) is 6.92 Å². The maximum atomic E-state index is 10.5. The van der Waals surface area contributed by atoms with E-state index in [0.29, 0.717) is 4.90 Å². The number of carbonyl (C=O) groups is 1. The fourth-order valence-electron chi connectivity index (χ4n) is 1.06. The average Bonchev–Trinajstić information content (AvgIpc) is 2.79. The minimum absolute atomic E-state index is 0.477. The SMILES string of the molecule is CC.CC.[2H]C.[2H]CN(CS(=O)(=O)O)C(C)=O.c1ccccc1.c1ccccc1. The van der Waals surface area contributed by atoms with Crippen LogP contribution in [0.5, 0.6) is 0 Å². The lowest BCUT2D eigenvalue weighted by Crippen LogP contribution is -2.29. The molecule has 2 aromatic carbocycles. The molecule has 0 spiro atoms. The first-order chi connectivity index (χ1) is 13.9. The molecule has 156 valence electrons. The van der Waals surface area contributed by atoms with Crippen molar-refractivity contribution in [3.8, 4) is 0 Å². The topological polar surface area (TPSA) is 74.7 Å². The molecule has 0 fully saturated rings. The molecular formula is C21H37NO4S. The zero-order valence-electron chi connectivity index (χ0n) is 19.4. The van der Waals surface area contributed by atoms with Crippen molar-refractivity contribution in [2.75, 3.05) is 12.9 Å². The predicted octanol–water partition coefficient (Wildman–Crippen LogP) is 5.37. The van der Waals surface area contributed by atoms with Crippen LogP contribution in [0.3, 0.4) is 0 Å². The highest BCUT2D eigenvalue weighted by molar-refractivity contribution is 7.85. The zero-order chi connectivity index (χ0) is 23.6. The molecular weight excluding hydrogens is 362 g/mol. The Hall–Kier alpha value is -2.18. The summed E-state index contributed by atoms with van der Waals surface area (Å²) < 4.78 is 41.1. The van der Waals surface area contributed by atoms with Gasteiger partial charge in [-0.25, -0.2) is 0 Å². The van der Waals surface area contributed by atoms with Crippen molar-refractivity contribution in [3.63, 3.8) is 0 Å². The fraction of sp³-hybridized carbons (Fsp3) is 0.381. The van der Waals surface area contributed by atoms with Gasteiger partial charge in [-0.1, -0.05) is 108 Å². The summed E-state index contributed by atoms with van der Waals surface area (Å²) in [4.78, 5) is 11.2. The molecule has 1 N–H and O–H groups in total. The lowest BCUT2D eigenvalue weighted by atomic mass is 10.4. The lowest BCUT2D eigenvalue weighted by molar-refractivity contribution is -0.126. The minimum atomic E-state index is -4.20. The van der Waals surface area contributed by atoms with Crippen molar-refractivity contribution >= 4 is 16.0 Å². The Morgan fingerprint density at radius 3 is 1.15 bits per heavy atom. The van der Waals surface area contributed by atoms with Gasteiger partial charge >= 0.3 is 0 Å².